The van der Waals surface area contributed by atoms with Crippen molar-refractivity contribution in [3.05, 3.63) is 71.8 Å². The zero-order valence-electron chi connectivity index (χ0n) is 15.7. The summed E-state index contributed by atoms with van der Waals surface area (Å²) in [5.41, 5.74) is 1.57. The van der Waals surface area contributed by atoms with Gasteiger partial charge in [-0.2, -0.15) is 0 Å². The molecule has 0 fully saturated rings. The molecule has 0 heterocycles. The van der Waals surface area contributed by atoms with Gasteiger partial charge in [0.05, 0.1) is 11.8 Å². The number of rotatable bonds is 7. The SMILES string of the molecule is CC(C)C(=O)O[C@H](c1ccccc1)[C@H](OC(=O)C(C)C)c1ccccc1. The van der Waals surface area contributed by atoms with Crippen molar-refractivity contribution in [1.29, 1.82) is 0 Å². The molecular formula is C22H26O4. The highest BCUT2D eigenvalue weighted by atomic mass is 16.6. The van der Waals surface area contributed by atoms with E-state index in [0.29, 0.717) is 0 Å². The van der Waals surface area contributed by atoms with E-state index in [4.69, 9.17) is 9.47 Å². The molecule has 2 rings (SSSR count). The first-order valence-corrected chi connectivity index (χ1v) is 8.91. The summed E-state index contributed by atoms with van der Waals surface area (Å²) in [7, 11) is 0. The van der Waals surface area contributed by atoms with E-state index < -0.39 is 12.2 Å². The molecule has 2 atom stereocenters. The number of hydrogen-bond donors (Lipinski definition) is 0. The van der Waals surface area contributed by atoms with E-state index in [0.717, 1.165) is 11.1 Å². The van der Waals surface area contributed by atoms with E-state index >= 15 is 0 Å². The van der Waals surface area contributed by atoms with Crippen molar-refractivity contribution in [2.45, 2.75) is 39.9 Å². The van der Waals surface area contributed by atoms with Crippen LogP contribution in [0.5, 0.6) is 0 Å². The minimum Gasteiger partial charge on any atom is -0.453 e. The van der Waals surface area contributed by atoms with E-state index in [1.165, 1.54) is 0 Å². The molecule has 138 valence electrons. The third kappa shape index (κ3) is 5.19. The zero-order chi connectivity index (χ0) is 19.1. The van der Waals surface area contributed by atoms with Crippen LogP contribution < -0.4 is 0 Å². The Morgan fingerprint density at radius 3 is 1.19 bits per heavy atom. The summed E-state index contributed by atoms with van der Waals surface area (Å²) in [6.07, 6.45) is -1.42. The van der Waals surface area contributed by atoms with Crippen molar-refractivity contribution < 1.29 is 19.1 Å². The van der Waals surface area contributed by atoms with Crippen LogP contribution >= 0.6 is 0 Å². The molecule has 2 aromatic rings. The van der Waals surface area contributed by atoms with Gasteiger partial charge in [0.2, 0.25) is 0 Å². The van der Waals surface area contributed by atoms with Crippen molar-refractivity contribution in [3.8, 4) is 0 Å². The molecule has 0 unspecified atom stereocenters. The van der Waals surface area contributed by atoms with Crippen molar-refractivity contribution in [2.24, 2.45) is 11.8 Å². The second-order valence-corrected chi connectivity index (χ2v) is 6.85. The lowest BCUT2D eigenvalue weighted by Gasteiger charge is -2.29. The Morgan fingerprint density at radius 1 is 0.615 bits per heavy atom. The number of carbonyl (C=O) groups excluding carboxylic acids is 2. The molecule has 2 aromatic carbocycles. The van der Waals surface area contributed by atoms with E-state index in [2.05, 4.69) is 0 Å². The number of benzene rings is 2. The van der Waals surface area contributed by atoms with E-state index in [1.807, 2.05) is 60.7 Å². The number of carbonyl (C=O) groups is 2. The van der Waals surface area contributed by atoms with Gasteiger partial charge in [0.25, 0.3) is 0 Å². The molecule has 0 aliphatic rings. The predicted molar refractivity (Wildman–Crippen MR) is 100 cm³/mol. The molecule has 0 aromatic heterocycles. The van der Waals surface area contributed by atoms with Crippen molar-refractivity contribution in [2.75, 3.05) is 0 Å². The number of ether oxygens (including phenoxy) is 2. The van der Waals surface area contributed by atoms with Gasteiger partial charge in [-0.3, -0.25) is 9.59 Å². The highest BCUT2D eigenvalue weighted by Crippen LogP contribution is 2.36. The average Bonchev–Trinajstić information content (AvgIpc) is 2.65. The Balaban J connectivity index is 2.46. The molecule has 4 nitrogen and oxygen atoms in total. The second kappa shape index (κ2) is 9.18. The Kier molecular flexibility index (Phi) is 6.96. The molecule has 0 saturated heterocycles. The first-order valence-electron chi connectivity index (χ1n) is 8.91. The van der Waals surface area contributed by atoms with E-state index in [9.17, 15) is 9.59 Å². The molecule has 0 saturated carbocycles. The van der Waals surface area contributed by atoms with E-state index in [1.54, 1.807) is 27.7 Å². The molecule has 0 radical (unpaired) electrons. The van der Waals surface area contributed by atoms with Gasteiger partial charge in [-0.25, -0.2) is 0 Å². The van der Waals surface area contributed by atoms with Crippen LogP contribution in [0.4, 0.5) is 0 Å². The van der Waals surface area contributed by atoms with Crippen LogP contribution in [0, 0.1) is 11.8 Å². The predicted octanol–water partition coefficient (Wildman–Crippen LogP) is 4.87. The maximum absolute atomic E-state index is 12.3. The normalized spacial score (nSPS) is 13.3. The van der Waals surface area contributed by atoms with Crippen LogP contribution in [0.15, 0.2) is 60.7 Å². The lowest BCUT2D eigenvalue weighted by atomic mass is 9.97. The van der Waals surface area contributed by atoms with Gasteiger partial charge in [0.15, 0.2) is 12.2 Å². The fourth-order valence-corrected chi connectivity index (χ4v) is 2.42. The topological polar surface area (TPSA) is 52.6 Å². The largest absolute Gasteiger partial charge is 0.453 e. The fourth-order valence-electron chi connectivity index (χ4n) is 2.42. The van der Waals surface area contributed by atoms with Crippen LogP contribution in [0.25, 0.3) is 0 Å². The first kappa shape index (κ1) is 19.7. The smallest absolute Gasteiger partial charge is 0.309 e. The maximum Gasteiger partial charge on any atom is 0.309 e. The standard InChI is InChI=1S/C22H26O4/c1-15(2)21(23)25-19(17-11-7-5-8-12-17)20(26-22(24)16(3)4)18-13-9-6-10-14-18/h5-16,19-20H,1-4H3/t19-,20-/m1/s1. The van der Waals surface area contributed by atoms with Crippen molar-refractivity contribution >= 4 is 11.9 Å². The monoisotopic (exact) mass is 354 g/mol. The Bertz CT molecular complexity index is 644. The summed E-state index contributed by atoms with van der Waals surface area (Å²) < 4.78 is 11.6. The quantitative estimate of drug-likeness (QED) is 0.666. The van der Waals surface area contributed by atoms with Crippen LogP contribution in [-0.2, 0) is 19.1 Å². The van der Waals surface area contributed by atoms with Gasteiger partial charge in [0.1, 0.15) is 0 Å². The van der Waals surface area contributed by atoms with Gasteiger partial charge in [-0.1, -0.05) is 88.4 Å². The van der Waals surface area contributed by atoms with Crippen LogP contribution in [0.2, 0.25) is 0 Å². The minimum atomic E-state index is -0.712. The van der Waals surface area contributed by atoms with Crippen molar-refractivity contribution in [3.63, 3.8) is 0 Å². The Labute approximate surface area is 155 Å². The van der Waals surface area contributed by atoms with Gasteiger partial charge >= 0.3 is 11.9 Å². The summed E-state index contributed by atoms with van der Waals surface area (Å²) in [4.78, 5) is 24.6. The first-order chi connectivity index (χ1) is 12.4. The van der Waals surface area contributed by atoms with Gasteiger partial charge in [0, 0.05) is 0 Å². The highest BCUT2D eigenvalue weighted by molar-refractivity contribution is 5.73. The molecule has 26 heavy (non-hydrogen) atoms. The van der Waals surface area contributed by atoms with E-state index in [-0.39, 0.29) is 23.8 Å². The summed E-state index contributed by atoms with van der Waals surface area (Å²) in [6, 6.07) is 18.8. The number of esters is 2. The molecule has 0 spiro atoms. The summed E-state index contributed by atoms with van der Waals surface area (Å²) in [6.45, 7) is 7.12. The van der Waals surface area contributed by atoms with Crippen LogP contribution in [-0.4, -0.2) is 11.9 Å². The maximum atomic E-state index is 12.3. The van der Waals surface area contributed by atoms with Crippen LogP contribution in [0.1, 0.15) is 51.0 Å². The molecule has 0 amide bonds. The summed E-state index contributed by atoms with van der Waals surface area (Å²) in [5, 5.41) is 0. The Hall–Kier alpha value is -2.62. The third-order valence-electron chi connectivity index (χ3n) is 3.96. The number of hydrogen-bond acceptors (Lipinski definition) is 4. The average molecular weight is 354 g/mol. The fraction of sp³-hybridized carbons (Fsp3) is 0.364. The lowest BCUT2D eigenvalue weighted by molar-refractivity contribution is -0.173. The summed E-state index contributed by atoms with van der Waals surface area (Å²) in [5.74, 6) is -1.22. The summed E-state index contributed by atoms with van der Waals surface area (Å²) >= 11 is 0. The second-order valence-electron chi connectivity index (χ2n) is 6.85. The zero-order valence-corrected chi connectivity index (χ0v) is 15.7. The molecule has 0 bridgehead atoms. The van der Waals surface area contributed by atoms with Gasteiger partial charge in [-0.15, -0.1) is 0 Å². The molecule has 0 N–H and O–H groups in total. The lowest BCUT2D eigenvalue weighted by Crippen LogP contribution is -2.26. The van der Waals surface area contributed by atoms with Gasteiger partial charge < -0.3 is 9.47 Å². The van der Waals surface area contributed by atoms with Crippen molar-refractivity contribution in [1.82, 2.24) is 0 Å². The van der Waals surface area contributed by atoms with Gasteiger partial charge in [-0.05, 0) is 11.1 Å². The highest BCUT2D eigenvalue weighted by Gasteiger charge is 2.33. The minimum absolute atomic E-state index is 0.279. The van der Waals surface area contributed by atoms with Crippen LogP contribution in [0.3, 0.4) is 0 Å². The third-order valence-corrected chi connectivity index (χ3v) is 3.96. The molecule has 0 aliphatic heterocycles. The molecule has 0 aliphatic carbocycles. The Morgan fingerprint density at radius 2 is 0.923 bits per heavy atom. The molecule has 4 heteroatoms. The molecular weight excluding hydrogens is 328 g/mol.